The number of hydrogen-bond acceptors (Lipinski definition) is 4. The van der Waals surface area contributed by atoms with Crippen LogP contribution in [0.3, 0.4) is 0 Å². The molecular formula is C27H40O4. The van der Waals surface area contributed by atoms with E-state index in [1.54, 1.807) is 6.92 Å². The van der Waals surface area contributed by atoms with Gasteiger partial charge in [0.05, 0.1) is 12.2 Å². The van der Waals surface area contributed by atoms with Crippen molar-refractivity contribution >= 4 is 11.8 Å². The van der Waals surface area contributed by atoms with Crippen LogP contribution in [0.4, 0.5) is 0 Å². The zero-order chi connectivity index (χ0) is 22.8. The van der Waals surface area contributed by atoms with Gasteiger partial charge >= 0.3 is 5.97 Å². The van der Waals surface area contributed by atoms with E-state index < -0.39 is 5.60 Å². The van der Waals surface area contributed by atoms with Gasteiger partial charge in [-0.1, -0.05) is 31.6 Å². The number of esters is 1. The molecule has 2 fully saturated rings. The molecule has 0 aromatic rings. The molecule has 0 radical (unpaired) electrons. The summed E-state index contributed by atoms with van der Waals surface area (Å²) in [4.78, 5) is 24.9. The zero-order valence-corrected chi connectivity index (χ0v) is 20.4. The lowest BCUT2D eigenvalue weighted by atomic mass is 9.47. The average Bonchev–Trinajstić information content (AvgIpc) is 2.96. The highest BCUT2D eigenvalue weighted by Gasteiger charge is 2.67. The molecule has 4 rings (SSSR count). The molecule has 172 valence electrons. The molecule has 7 atom stereocenters. The third-order valence-corrected chi connectivity index (χ3v) is 9.39. The summed E-state index contributed by atoms with van der Waals surface area (Å²) in [6, 6.07) is 0. The zero-order valence-electron chi connectivity index (χ0n) is 20.4. The Morgan fingerprint density at radius 3 is 2.29 bits per heavy atom. The van der Waals surface area contributed by atoms with Crippen LogP contribution in [0.25, 0.3) is 0 Å². The fraction of sp³-hybridized carbons (Fsp3) is 0.778. The van der Waals surface area contributed by atoms with Crippen molar-refractivity contribution in [2.75, 3.05) is 0 Å². The van der Waals surface area contributed by atoms with Gasteiger partial charge in [0.2, 0.25) is 0 Å². The van der Waals surface area contributed by atoms with Gasteiger partial charge in [0.15, 0.2) is 11.4 Å². The number of rotatable bonds is 4. The number of carbonyl (C=O) groups excluding carboxylic acids is 2. The van der Waals surface area contributed by atoms with Gasteiger partial charge in [0.25, 0.3) is 0 Å². The number of ketones is 1. The van der Waals surface area contributed by atoms with E-state index in [0.717, 1.165) is 32.1 Å². The largest absolute Gasteiger partial charge is 0.451 e. The Bertz CT molecular complexity index is 838. The molecule has 0 aromatic heterocycles. The summed E-state index contributed by atoms with van der Waals surface area (Å²) < 4.78 is 12.0. The molecular weight excluding hydrogens is 388 g/mol. The lowest BCUT2D eigenvalue weighted by molar-refractivity contribution is -0.185. The second-order valence-corrected chi connectivity index (χ2v) is 11.4. The van der Waals surface area contributed by atoms with E-state index in [1.165, 1.54) is 18.1 Å². The van der Waals surface area contributed by atoms with Crippen LogP contribution in [-0.2, 0) is 19.1 Å². The van der Waals surface area contributed by atoms with E-state index >= 15 is 0 Å². The summed E-state index contributed by atoms with van der Waals surface area (Å²) in [5.41, 5.74) is 1.75. The molecule has 0 aromatic carbocycles. The van der Waals surface area contributed by atoms with Crippen molar-refractivity contribution in [3.05, 3.63) is 23.3 Å². The van der Waals surface area contributed by atoms with E-state index in [-0.39, 0.29) is 34.8 Å². The van der Waals surface area contributed by atoms with Crippen LogP contribution >= 0.6 is 0 Å². The van der Waals surface area contributed by atoms with E-state index in [9.17, 15) is 9.59 Å². The Balaban J connectivity index is 1.72. The highest BCUT2D eigenvalue weighted by atomic mass is 16.6. The normalized spacial score (nSPS) is 44.0. The predicted molar refractivity (Wildman–Crippen MR) is 121 cm³/mol. The molecule has 2 saturated carbocycles. The summed E-state index contributed by atoms with van der Waals surface area (Å²) in [6.07, 6.45) is 11.2. The van der Waals surface area contributed by atoms with Gasteiger partial charge in [-0.05, 0) is 95.0 Å². The van der Waals surface area contributed by atoms with Gasteiger partial charge in [-0.2, -0.15) is 0 Å². The van der Waals surface area contributed by atoms with E-state index in [1.807, 2.05) is 0 Å². The first kappa shape index (κ1) is 22.8. The molecule has 0 saturated heterocycles. The third kappa shape index (κ3) is 3.27. The number of ether oxygens (including phenoxy) is 2. The average molecular weight is 429 g/mol. The molecule has 4 aliphatic carbocycles. The predicted octanol–water partition coefficient (Wildman–Crippen LogP) is 5.80. The molecule has 0 spiro atoms. The topological polar surface area (TPSA) is 52.6 Å². The fourth-order valence-electron chi connectivity index (χ4n) is 8.07. The SMILES string of the molecule is CC(=O)O[C@]1(C(C)=O)CC[C@@H]2[C@@H]3C=C(C)C4=C[C@H](OC(C)C)CC[C@]4(C)[C@@H]3CC[C@@]21C. The highest BCUT2D eigenvalue weighted by Crippen LogP contribution is 2.68. The minimum atomic E-state index is -0.962. The van der Waals surface area contributed by atoms with Crippen molar-refractivity contribution in [3.63, 3.8) is 0 Å². The maximum atomic E-state index is 12.9. The smallest absolute Gasteiger partial charge is 0.303 e. The summed E-state index contributed by atoms with van der Waals surface area (Å²) in [5.74, 6) is 1.05. The Morgan fingerprint density at radius 1 is 1.00 bits per heavy atom. The Morgan fingerprint density at radius 2 is 1.68 bits per heavy atom. The van der Waals surface area contributed by atoms with Crippen LogP contribution in [0.2, 0.25) is 0 Å². The van der Waals surface area contributed by atoms with Crippen LogP contribution in [-0.4, -0.2) is 29.6 Å². The lowest BCUT2D eigenvalue weighted by Crippen LogP contribution is -2.58. The molecule has 0 N–H and O–H groups in total. The van der Waals surface area contributed by atoms with E-state index in [2.05, 4.69) is 46.8 Å². The van der Waals surface area contributed by atoms with Crippen molar-refractivity contribution in [3.8, 4) is 0 Å². The number of Topliss-reactive ketones (excluding diaryl/α,β-unsaturated/α-hetero) is 1. The van der Waals surface area contributed by atoms with Gasteiger partial charge < -0.3 is 9.47 Å². The minimum Gasteiger partial charge on any atom is -0.451 e. The first-order valence-corrected chi connectivity index (χ1v) is 12.2. The van der Waals surface area contributed by atoms with Crippen molar-refractivity contribution < 1.29 is 19.1 Å². The van der Waals surface area contributed by atoms with Gasteiger partial charge in [-0.3, -0.25) is 9.59 Å². The second kappa shape index (κ2) is 7.57. The van der Waals surface area contributed by atoms with Gasteiger partial charge in [-0.25, -0.2) is 0 Å². The second-order valence-electron chi connectivity index (χ2n) is 11.4. The van der Waals surface area contributed by atoms with Gasteiger partial charge in [-0.15, -0.1) is 0 Å². The van der Waals surface area contributed by atoms with Crippen LogP contribution in [0.1, 0.15) is 87.0 Å². The summed E-state index contributed by atoms with van der Waals surface area (Å²) in [5, 5.41) is 0. The van der Waals surface area contributed by atoms with Crippen molar-refractivity contribution in [1.82, 2.24) is 0 Å². The van der Waals surface area contributed by atoms with Gasteiger partial charge in [0.1, 0.15) is 0 Å². The van der Waals surface area contributed by atoms with Crippen molar-refractivity contribution in [2.24, 2.45) is 28.6 Å². The van der Waals surface area contributed by atoms with E-state index in [4.69, 9.17) is 9.47 Å². The Kier molecular flexibility index (Phi) is 5.56. The summed E-state index contributed by atoms with van der Waals surface area (Å²) >= 11 is 0. The lowest BCUT2D eigenvalue weighted by Gasteiger charge is -2.58. The molecule has 0 unspecified atom stereocenters. The molecule has 4 aliphatic rings. The maximum Gasteiger partial charge on any atom is 0.303 e. The van der Waals surface area contributed by atoms with Gasteiger partial charge in [0, 0.05) is 12.3 Å². The molecule has 4 nitrogen and oxygen atoms in total. The van der Waals surface area contributed by atoms with E-state index in [0.29, 0.717) is 24.2 Å². The summed E-state index contributed by atoms with van der Waals surface area (Å²) in [6.45, 7) is 14.2. The maximum absolute atomic E-state index is 12.9. The number of hydrogen-bond donors (Lipinski definition) is 0. The molecule has 31 heavy (non-hydrogen) atoms. The Labute approximate surface area is 187 Å². The van der Waals surface area contributed by atoms with Crippen molar-refractivity contribution in [1.29, 1.82) is 0 Å². The Hall–Kier alpha value is -1.42. The van der Waals surface area contributed by atoms with Crippen molar-refractivity contribution in [2.45, 2.75) is 105 Å². The highest BCUT2D eigenvalue weighted by molar-refractivity contribution is 5.89. The summed E-state index contributed by atoms with van der Waals surface area (Å²) in [7, 11) is 0. The molecule has 0 bridgehead atoms. The fourth-order valence-corrected chi connectivity index (χ4v) is 8.07. The number of carbonyl (C=O) groups is 2. The first-order valence-electron chi connectivity index (χ1n) is 12.2. The molecule has 0 aliphatic heterocycles. The standard InChI is InChI=1S/C27H40O4/c1-16(2)30-20-8-11-25(6)22-9-12-26(7)23(21(22)14-17(3)24(25)15-20)10-13-27(26,18(4)28)31-19(5)29/h14-16,20-23H,8-13H2,1-7H3/t20-,21-,22-,23-,25-,26+,27+/m1/s1. The van der Waals surface area contributed by atoms with Crippen LogP contribution < -0.4 is 0 Å². The third-order valence-electron chi connectivity index (χ3n) is 9.39. The van der Waals surface area contributed by atoms with Crippen LogP contribution in [0, 0.1) is 28.6 Å². The molecule has 4 heteroatoms. The monoisotopic (exact) mass is 428 g/mol. The number of fused-ring (bicyclic) bond motifs is 5. The molecule has 0 amide bonds. The quantitative estimate of drug-likeness (QED) is 0.531. The molecule has 0 heterocycles. The number of allylic oxidation sites excluding steroid dienone is 3. The minimum absolute atomic E-state index is 0.0146. The van der Waals surface area contributed by atoms with Crippen LogP contribution in [0.5, 0.6) is 0 Å². The first-order chi connectivity index (χ1) is 14.4. The van der Waals surface area contributed by atoms with Crippen LogP contribution in [0.15, 0.2) is 23.3 Å².